The van der Waals surface area contributed by atoms with Crippen molar-refractivity contribution in [2.75, 3.05) is 19.7 Å². The van der Waals surface area contributed by atoms with Crippen LogP contribution in [-0.4, -0.2) is 45.9 Å². The van der Waals surface area contributed by atoms with Crippen LogP contribution < -0.4 is 0 Å². The molecule has 128 valence electrons. The van der Waals surface area contributed by atoms with Crippen molar-refractivity contribution in [3.8, 4) is 0 Å². The maximum atomic E-state index is 13.5. The summed E-state index contributed by atoms with van der Waals surface area (Å²) in [6, 6.07) is 2.85. The predicted molar refractivity (Wildman–Crippen MR) is 85.1 cm³/mol. The molecule has 7 heteroatoms. The van der Waals surface area contributed by atoms with Gasteiger partial charge in [0.1, 0.15) is 17.2 Å². The molecule has 1 amide bonds. The van der Waals surface area contributed by atoms with Crippen LogP contribution in [0.3, 0.4) is 0 Å². The summed E-state index contributed by atoms with van der Waals surface area (Å²) in [6.45, 7) is 4.70. The summed E-state index contributed by atoms with van der Waals surface area (Å²) in [4.78, 5) is 30.8. The number of halogens is 1. The van der Waals surface area contributed by atoms with Crippen LogP contribution >= 0.6 is 0 Å². The van der Waals surface area contributed by atoms with Crippen LogP contribution in [0.1, 0.15) is 35.9 Å². The Bertz CT molecular complexity index is 787. The van der Waals surface area contributed by atoms with Gasteiger partial charge in [-0.05, 0) is 38.8 Å². The number of rotatable bonds is 3. The van der Waals surface area contributed by atoms with Crippen molar-refractivity contribution in [3.63, 3.8) is 0 Å². The molecule has 6 nitrogen and oxygen atoms in total. The summed E-state index contributed by atoms with van der Waals surface area (Å²) >= 11 is 0. The van der Waals surface area contributed by atoms with Crippen molar-refractivity contribution in [3.05, 3.63) is 35.5 Å². The minimum atomic E-state index is -0.433. The summed E-state index contributed by atoms with van der Waals surface area (Å²) in [6.07, 6.45) is 2.71. The number of esters is 1. The molecule has 0 saturated carbocycles. The number of carbonyl (C=O) groups is 2. The van der Waals surface area contributed by atoms with Crippen LogP contribution in [0.15, 0.2) is 18.3 Å². The highest BCUT2D eigenvalue weighted by atomic mass is 19.1. The minimum absolute atomic E-state index is 0.236. The van der Waals surface area contributed by atoms with Crippen LogP contribution in [0, 0.1) is 18.7 Å². The third-order valence-corrected chi connectivity index (χ3v) is 4.29. The highest BCUT2D eigenvalue weighted by molar-refractivity contribution is 5.95. The fourth-order valence-corrected chi connectivity index (χ4v) is 3.16. The number of fused-ring (bicyclic) bond motifs is 1. The smallest absolute Gasteiger partial charge is 0.310 e. The van der Waals surface area contributed by atoms with E-state index in [9.17, 15) is 14.0 Å². The second kappa shape index (κ2) is 6.59. The SMILES string of the molecule is CCOC(=O)C1CCCN(C(=O)c2c(C)nc3ccc(F)cn23)C1. The van der Waals surface area contributed by atoms with E-state index in [0.717, 1.165) is 6.42 Å². The molecule has 1 atom stereocenters. The van der Waals surface area contributed by atoms with Gasteiger partial charge in [0.2, 0.25) is 0 Å². The number of likely N-dealkylation sites (tertiary alicyclic amines) is 1. The van der Waals surface area contributed by atoms with Gasteiger partial charge in [-0.25, -0.2) is 9.37 Å². The second-order valence-corrected chi connectivity index (χ2v) is 5.96. The second-order valence-electron chi connectivity index (χ2n) is 5.96. The number of piperidine rings is 1. The van der Waals surface area contributed by atoms with E-state index in [1.165, 1.54) is 22.7 Å². The molecule has 24 heavy (non-hydrogen) atoms. The van der Waals surface area contributed by atoms with Gasteiger partial charge in [-0.3, -0.25) is 14.0 Å². The number of pyridine rings is 1. The average molecular weight is 333 g/mol. The molecule has 0 spiro atoms. The van der Waals surface area contributed by atoms with Gasteiger partial charge in [-0.1, -0.05) is 0 Å². The number of imidazole rings is 1. The van der Waals surface area contributed by atoms with Crippen molar-refractivity contribution in [1.82, 2.24) is 14.3 Å². The number of ether oxygens (including phenoxy) is 1. The van der Waals surface area contributed by atoms with Crippen LogP contribution in [-0.2, 0) is 9.53 Å². The Kier molecular flexibility index (Phi) is 4.51. The Morgan fingerprint density at radius 3 is 2.96 bits per heavy atom. The first kappa shape index (κ1) is 16.4. The normalized spacial score (nSPS) is 18.0. The lowest BCUT2D eigenvalue weighted by Gasteiger charge is -2.31. The molecule has 1 unspecified atom stereocenters. The standard InChI is InChI=1S/C17H20FN3O3/c1-3-24-17(23)12-5-4-8-20(9-12)16(22)15-11(2)19-14-7-6-13(18)10-21(14)15/h6-7,10,12H,3-5,8-9H2,1-2H3. The van der Waals surface area contributed by atoms with E-state index in [-0.39, 0.29) is 17.8 Å². The van der Waals surface area contributed by atoms with E-state index in [2.05, 4.69) is 4.98 Å². The largest absolute Gasteiger partial charge is 0.466 e. The van der Waals surface area contributed by atoms with Crippen molar-refractivity contribution in [2.24, 2.45) is 5.92 Å². The molecule has 2 aromatic heterocycles. The van der Waals surface area contributed by atoms with Gasteiger partial charge in [0, 0.05) is 19.3 Å². The van der Waals surface area contributed by atoms with Crippen LogP contribution in [0.4, 0.5) is 4.39 Å². The van der Waals surface area contributed by atoms with Gasteiger partial charge in [0.05, 0.1) is 18.2 Å². The molecule has 1 fully saturated rings. The van der Waals surface area contributed by atoms with Gasteiger partial charge in [-0.2, -0.15) is 0 Å². The van der Waals surface area contributed by atoms with Gasteiger partial charge >= 0.3 is 5.97 Å². The Morgan fingerprint density at radius 2 is 2.21 bits per heavy atom. The molecule has 3 rings (SSSR count). The first-order chi connectivity index (χ1) is 11.5. The molecule has 2 aromatic rings. The monoisotopic (exact) mass is 333 g/mol. The zero-order chi connectivity index (χ0) is 17.3. The molecule has 3 heterocycles. The molecule has 0 aliphatic carbocycles. The Balaban J connectivity index is 1.87. The lowest BCUT2D eigenvalue weighted by molar-refractivity contribution is -0.149. The van der Waals surface area contributed by atoms with E-state index in [1.54, 1.807) is 18.7 Å². The summed E-state index contributed by atoms with van der Waals surface area (Å²) in [5.74, 6) is -1.24. The van der Waals surface area contributed by atoms with Crippen molar-refractivity contribution < 1.29 is 18.7 Å². The molecule has 0 bridgehead atoms. The zero-order valence-electron chi connectivity index (χ0n) is 13.8. The number of hydrogen-bond donors (Lipinski definition) is 0. The minimum Gasteiger partial charge on any atom is -0.466 e. The molecular weight excluding hydrogens is 313 g/mol. The summed E-state index contributed by atoms with van der Waals surface area (Å²) in [5, 5.41) is 0. The number of nitrogens with zero attached hydrogens (tertiary/aromatic N) is 3. The lowest BCUT2D eigenvalue weighted by atomic mass is 9.98. The van der Waals surface area contributed by atoms with E-state index in [1.807, 2.05) is 0 Å². The zero-order valence-corrected chi connectivity index (χ0v) is 13.8. The maximum absolute atomic E-state index is 13.5. The van der Waals surface area contributed by atoms with Gasteiger partial charge in [0.15, 0.2) is 0 Å². The highest BCUT2D eigenvalue weighted by Gasteiger charge is 2.31. The van der Waals surface area contributed by atoms with Crippen molar-refractivity contribution >= 4 is 17.5 Å². The first-order valence-electron chi connectivity index (χ1n) is 8.11. The Morgan fingerprint density at radius 1 is 1.42 bits per heavy atom. The molecule has 1 saturated heterocycles. The van der Waals surface area contributed by atoms with Crippen molar-refractivity contribution in [2.45, 2.75) is 26.7 Å². The van der Waals surface area contributed by atoms with Gasteiger partial charge in [0.25, 0.3) is 5.91 Å². The molecule has 1 aliphatic heterocycles. The van der Waals surface area contributed by atoms with E-state index < -0.39 is 5.82 Å². The summed E-state index contributed by atoms with van der Waals surface area (Å²) in [7, 11) is 0. The summed E-state index contributed by atoms with van der Waals surface area (Å²) in [5.41, 5.74) is 1.41. The fraction of sp³-hybridized carbons (Fsp3) is 0.471. The van der Waals surface area contributed by atoms with E-state index >= 15 is 0 Å². The Hall–Kier alpha value is -2.44. The fourth-order valence-electron chi connectivity index (χ4n) is 3.16. The summed E-state index contributed by atoms with van der Waals surface area (Å²) < 4.78 is 20.1. The van der Waals surface area contributed by atoms with Gasteiger partial charge < -0.3 is 9.64 Å². The maximum Gasteiger partial charge on any atom is 0.310 e. The predicted octanol–water partition coefficient (Wildman–Crippen LogP) is 2.20. The number of carbonyl (C=O) groups excluding carboxylic acids is 2. The quantitative estimate of drug-likeness (QED) is 0.808. The highest BCUT2D eigenvalue weighted by Crippen LogP contribution is 2.22. The van der Waals surface area contributed by atoms with E-state index in [4.69, 9.17) is 4.74 Å². The lowest BCUT2D eigenvalue weighted by Crippen LogP contribution is -2.43. The van der Waals surface area contributed by atoms with E-state index in [0.29, 0.717) is 43.2 Å². The molecular formula is C17H20FN3O3. The Labute approximate surface area is 139 Å². The molecule has 0 radical (unpaired) electrons. The van der Waals surface area contributed by atoms with Crippen molar-refractivity contribution in [1.29, 1.82) is 0 Å². The third-order valence-electron chi connectivity index (χ3n) is 4.29. The van der Waals surface area contributed by atoms with Gasteiger partial charge in [-0.15, -0.1) is 0 Å². The van der Waals surface area contributed by atoms with Crippen LogP contribution in [0.2, 0.25) is 0 Å². The van der Waals surface area contributed by atoms with Crippen LogP contribution in [0.5, 0.6) is 0 Å². The average Bonchev–Trinajstić information content (AvgIpc) is 2.89. The topological polar surface area (TPSA) is 63.9 Å². The molecule has 0 N–H and O–H groups in total. The third kappa shape index (κ3) is 2.98. The number of amides is 1. The number of aryl methyl sites for hydroxylation is 1. The van der Waals surface area contributed by atoms with Crippen LogP contribution in [0.25, 0.3) is 5.65 Å². The number of aromatic nitrogens is 2. The molecule has 0 aromatic carbocycles. The first-order valence-corrected chi connectivity index (χ1v) is 8.11. The number of hydrogen-bond acceptors (Lipinski definition) is 4. The molecule has 1 aliphatic rings.